The number of rotatable bonds is 1. The predicted octanol–water partition coefficient (Wildman–Crippen LogP) is 3.69. The van der Waals surface area contributed by atoms with Crippen LogP contribution in [0.1, 0.15) is 12.0 Å². The molecule has 0 atom stereocenters. The molecule has 1 saturated heterocycles. The second-order valence-corrected chi connectivity index (χ2v) is 4.16. The van der Waals surface area contributed by atoms with Crippen LogP contribution in [0.2, 0.25) is 0 Å². The number of hydrogen-bond acceptors (Lipinski definition) is 1. The first-order valence-electron chi connectivity index (χ1n) is 5.19. The highest BCUT2D eigenvalue weighted by atomic mass is 19.4. The second-order valence-electron chi connectivity index (χ2n) is 4.16. The fourth-order valence-corrected chi connectivity index (χ4v) is 2.00. The Bertz CT molecular complexity index is 453. The quantitative estimate of drug-likeness (QED) is 0.703. The van der Waals surface area contributed by atoms with E-state index in [-0.39, 0.29) is 6.54 Å². The Morgan fingerprint density at radius 3 is 2.33 bits per heavy atom. The summed E-state index contributed by atoms with van der Waals surface area (Å²) in [7, 11) is 0. The summed E-state index contributed by atoms with van der Waals surface area (Å²) in [4.78, 5) is 0.867. The van der Waals surface area contributed by atoms with E-state index >= 15 is 0 Å². The average molecular weight is 269 g/mol. The summed E-state index contributed by atoms with van der Waals surface area (Å²) < 4.78 is 77.3. The smallest absolute Gasteiger partial charge is 0.365 e. The summed E-state index contributed by atoms with van der Waals surface area (Å²) >= 11 is 0. The van der Waals surface area contributed by atoms with Gasteiger partial charge in [-0.15, -0.1) is 0 Å². The van der Waals surface area contributed by atoms with E-state index in [0.717, 1.165) is 17.0 Å². The van der Waals surface area contributed by atoms with Gasteiger partial charge in [-0.2, -0.15) is 13.2 Å². The molecule has 1 aromatic carbocycles. The Morgan fingerprint density at radius 1 is 1.17 bits per heavy atom. The molecule has 0 N–H and O–H groups in total. The van der Waals surface area contributed by atoms with Crippen LogP contribution < -0.4 is 4.90 Å². The minimum Gasteiger partial charge on any atom is -0.365 e. The van der Waals surface area contributed by atoms with Crippen LogP contribution >= 0.6 is 0 Å². The van der Waals surface area contributed by atoms with E-state index in [0.29, 0.717) is 6.07 Å². The molecule has 0 spiro atoms. The molecule has 18 heavy (non-hydrogen) atoms. The molecule has 0 aliphatic carbocycles. The van der Waals surface area contributed by atoms with Crippen molar-refractivity contribution in [3.8, 4) is 0 Å². The topological polar surface area (TPSA) is 3.24 Å². The Hall–Kier alpha value is -1.40. The maximum absolute atomic E-state index is 13.3. The van der Waals surface area contributed by atoms with Crippen molar-refractivity contribution in [1.29, 1.82) is 0 Å². The molecule has 1 aromatic rings. The van der Waals surface area contributed by atoms with E-state index in [4.69, 9.17) is 0 Å². The third kappa shape index (κ3) is 2.39. The Labute approximate surface area is 99.0 Å². The molecule has 1 aliphatic rings. The van der Waals surface area contributed by atoms with Crippen molar-refractivity contribution in [3.63, 3.8) is 0 Å². The van der Waals surface area contributed by atoms with E-state index in [9.17, 15) is 26.3 Å². The predicted molar refractivity (Wildman–Crippen MR) is 53.2 cm³/mol. The summed E-state index contributed by atoms with van der Waals surface area (Å²) in [6.45, 7) is -1.04. The van der Waals surface area contributed by atoms with Crippen LogP contribution in [0.3, 0.4) is 0 Å². The van der Waals surface area contributed by atoms with Crippen molar-refractivity contribution in [2.45, 2.75) is 18.5 Å². The Kier molecular flexibility index (Phi) is 2.95. The van der Waals surface area contributed by atoms with E-state index < -0.39 is 42.1 Å². The highest BCUT2D eigenvalue weighted by Gasteiger charge is 2.43. The van der Waals surface area contributed by atoms with Crippen LogP contribution in [-0.4, -0.2) is 19.0 Å². The van der Waals surface area contributed by atoms with Crippen molar-refractivity contribution in [2.24, 2.45) is 0 Å². The van der Waals surface area contributed by atoms with Crippen molar-refractivity contribution in [1.82, 2.24) is 0 Å². The second kappa shape index (κ2) is 4.07. The van der Waals surface area contributed by atoms with Crippen molar-refractivity contribution in [3.05, 3.63) is 29.6 Å². The van der Waals surface area contributed by atoms with Gasteiger partial charge in [0.1, 0.15) is 11.4 Å². The number of hydrogen-bond donors (Lipinski definition) is 0. The minimum absolute atomic E-state index is 0.223. The lowest BCUT2D eigenvalue weighted by Gasteiger charge is -2.23. The van der Waals surface area contributed by atoms with Gasteiger partial charge in [0.15, 0.2) is 0 Å². The number of halogens is 6. The SMILES string of the molecule is Fc1cccc(N2CCC(F)(F)C2)c1C(F)(F)F. The lowest BCUT2D eigenvalue weighted by molar-refractivity contribution is -0.139. The van der Waals surface area contributed by atoms with Gasteiger partial charge < -0.3 is 4.90 Å². The van der Waals surface area contributed by atoms with Gasteiger partial charge in [0, 0.05) is 13.0 Å². The molecule has 1 heterocycles. The van der Waals surface area contributed by atoms with Gasteiger partial charge in [-0.05, 0) is 12.1 Å². The van der Waals surface area contributed by atoms with Crippen LogP contribution in [0.15, 0.2) is 18.2 Å². The first kappa shape index (κ1) is 13.0. The molecule has 1 fully saturated rings. The molecule has 0 amide bonds. The largest absolute Gasteiger partial charge is 0.421 e. The molecular weight excluding hydrogens is 260 g/mol. The van der Waals surface area contributed by atoms with Gasteiger partial charge in [0.05, 0.1) is 12.2 Å². The molecule has 1 aliphatic heterocycles. The van der Waals surface area contributed by atoms with Gasteiger partial charge in [0.25, 0.3) is 5.92 Å². The number of benzene rings is 1. The van der Waals surface area contributed by atoms with E-state index in [1.165, 1.54) is 0 Å². The van der Waals surface area contributed by atoms with Crippen LogP contribution in [0.4, 0.5) is 32.0 Å². The van der Waals surface area contributed by atoms with Crippen LogP contribution in [0, 0.1) is 5.82 Å². The monoisotopic (exact) mass is 269 g/mol. The van der Waals surface area contributed by atoms with Crippen LogP contribution in [0.5, 0.6) is 0 Å². The summed E-state index contributed by atoms with van der Waals surface area (Å²) in [6.07, 6.45) is -5.43. The molecule has 0 aromatic heterocycles. The average Bonchev–Trinajstić information content (AvgIpc) is 2.56. The first-order valence-corrected chi connectivity index (χ1v) is 5.19. The Morgan fingerprint density at radius 2 is 1.83 bits per heavy atom. The lowest BCUT2D eigenvalue weighted by atomic mass is 10.1. The molecule has 1 nitrogen and oxygen atoms in total. The maximum atomic E-state index is 13.3. The van der Waals surface area contributed by atoms with Crippen molar-refractivity contribution < 1.29 is 26.3 Å². The van der Waals surface area contributed by atoms with Gasteiger partial charge in [-0.1, -0.05) is 6.07 Å². The number of nitrogens with zero attached hydrogens (tertiary/aromatic N) is 1. The van der Waals surface area contributed by atoms with Crippen molar-refractivity contribution >= 4 is 5.69 Å². The first-order chi connectivity index (χ1) is 8.21. The third-order valence-electron chi connectivity index (χ3n) is 2.79. The van der Waals surface area contributed by atoms with Crippen LogP contribution in [0.25, 0.3) is 0 Å². The zero-order valence-electron chi connectivity index (χ0n) is 9.07. The van der Waals surface area contributed by atoms with E-state index in [1.807, 2.05) is 0 Å². The summed E-state index contributed by atoms with van der Waals surface area (Å²) in [5.41, 5.74) is -2.01. The van der Waals surface area contributed by atoms with E-state index in [1.54, 1.807) is 0 Å². The number of anilines is 1. The zero-order chi connectivity index (χ0) is 13.6. The van der Waals surface area contributed by atoms with Crippen molar-refractivity contribution in [2.75, 3.05) is 18.0 Å². The highest BCUT2D eigenvalue weighted by Crippen LogP contribution is 2.41. The van der Waals surface area contributed by atoms with Crippen LogP contribution in [-0.2, 0) is 6.18 Å². The maximum Gasteiger partial charge on any atom is 0.421 e. The molecule has 0 radical (unpaired) electrons. The summed E-state index contributed by atoms with van der Waals surface area (Å²) in [5.74, 6) is -4.48. The third-order valence-corrected chi connectivity index (χ3v) is 2.79. The molecule has 0 saturated carbocycles. The standard InChI is InChI=1S/C11H9F6N/c12-7-2-1-3-8(9(7)11(15,16)17)18-5-4-10(13,14)6-18/h1-3H,4-6H2. The summed E-state index contributed by atoms with van der Waals surface area (Å²) in [6, 6.07) is 2.75. The molecular formula is C11H9F6N. The highest BCUT2D eigenvalue weighted by molar-refractivity contribution is 5.56. The van der Waals surface area contributed by atoms with Gasteiger partial charge in [-0.25, -0.2) is 13.2 Å². The molecule has 0 bridgehead atoms. The molecule has 0 unspecified atom stereocenters. The minimum atomic E-state index is -4.90. The van der Waals surface area contributed by atoms with Gasteiger partial charge in [-0.3, -0.25) is 0 Å². The summed E-state index contributed by atoms with van der Waals surface area (Å²) in [5, 5.41) is 0. The lowest BCUT2D eigenvalue weighted by Crippen LogP contribution is -2.27. The normalized spacial score (nSPS) is 19.3. The fraction of sp³-hybridized carbons (Fsp3) is 0.455. The zero-order valence-corrected chi connectivity index (χ0v) is 9.07. The van der Waals surface area contributed by atoms with Gasteiger partial charge >= 0.3 is 6.18 Å². The molecule has 100 valence electrons. The Balaban J connectivity index is 2.43. The molecule has 2 rings (SSSR count). The molecule has 7 heteroatoms. The fourth-order valence-electron chi connectivity index (χ4n) is 2.00. The number of alkyl halides is 5. The van der Waals surface area contributed by atoms with E-state index in [2.05, 4.69) is 0 Å². The van der Waals surface area contributed by atoms with Gasteiger partial charge in [0.2, 0.25) is 0 Å².